The Hall–Kier alpha value is -0.240. The van der Waals surface area contributed by atoms with Gasteiger partial charge in [0.25, 0.3) is 0 Å². The number of ether oxygens (including phenoxy) is 1. The summed E-state index contributed by atoms with van der Waals surface area (Å²) in [4.78, 5) is 3.77. The van der Waals surface area contributed by atoms with Crippen LogP contribution < -0.4 is 4.74 Å². The van der Waals surface area contributed by atoms with E-state index in [-0.39, 0.29) is 11.6 Å². The lowest BCUT2D eigenvalue weighted by molar-refractivity contribution is -0.275. The molecule has 1 rings (SSSR count). The summed E-state index contributed by atoms with van der Waals surface area (Å²) < 4.78 is 40.4. The summed E-state index contributed by atoms with van der Waals surface area (Å²) in [6, 6.07) is 0. The van der Waals surface area contributed by atoms with E-state index in [0.29, 0.717) is 14.8 Å². The summed E-state index contributed by atoms with van der Waals surface area (Å²) in [5, 5.41) is 0. The van der Waals surface area contributed by atoms with Gasteiger partial charge in [-0.25, -0.2) is 4.98 Å². The third-order valence-electron chi connectivity index (χ3n) is 1.71. The van der Waals surface area contributed by atoms with Crippen LogP contribution in [0.15, 0.2) is 6.20 Å². The van der Waals surface area contributed by atoms with Crippen molar-refractivity contribution in [2.24, 2.45) is 0 Å². The predicted molar refractivity (Wildman–Crippen MR) is 57.9 cm³/mol. The Labute approximate surface area is 103 Å². The molecule has 0 amide bonds. The first-order valence-corrected chi connectivity index (χ1v) is 5.42. The highest BCUT2D eigenvalue weighted by Crippen LogP contribution is 2.30. The Bertz CT molecular complexity index is 370. The van der Waals surface area contributed by atoms with Crippen molar-refractivity contribution in [2.75, 3.05) is 0 Å². The minimum atomic E-state index is -4.72. The van der Waals surface area contributed by atoms with Crippen molar-refractivity contribution >= 4 is 34.2 Å². The van der Waals surface area contributed by atoms with E-state index < -0.39 is 6.36 Å². The Balaban J connectivity index is 3.14. The van der Waals surface area contributed by atoms with E-state index in [1.54, 1.807) is 6.92 Å². The molecule has 0 saturated heterocycles. The quantitative estimate of drug-likeness (QED) is 0.461. The second-order valence-corrected chi connectivity index (χ2v) is 3.99. The molecule has 1 aromatic heterocycles. The van der Waals surface area contributed by atoms with Gasteiger partial charge in [0.2, 0.25) is 0 Å². The van der Waals surface area contributed by atoms with Crippen molar-refractivity contribution in [1.82, 2.24) is 4.98 Å². The molecule has 0 spiro atoms. The average Bonchev–Trinajstić information content (AvgIpc) is 2.10. The molecule has 0 bridgehead atoms. The van der Waals surface area contributed by atoms with Gasteiger partial charge < -0.3 is 4.74 Å². The molecule has 0 aromatic carbocycles. The molecule has 0 aliphatic rings. The highest BCUT2D eigenvalue weighted by molar-refractivity contribution is 14.1. The van der Waals surface area contributed by atoms with Gasteiger partial charge in [0.05, 0.1) is 12.1 Å². The number of aromatic nitrogens is 1. The summed E-state index contributed by atoms with van der Waals surface area (Å²) in [5.74, 6) is -0.383. The van der Waals surface area contributed by atoms with Crippen molar-refractivity contribution in [2.45, 2.75) is 19.2 Å². The zero-order valence-electron chi connectivity index (χ0n) is 7.53. The van der Waals surface area contributed by atoms with Crippen LogP contribution in [0.5, 0.6) is 5.75 Å². The minimum absolute atomic E-state index is 0.0459. The van der Waals surface area contributed by atoms with E-state index in [1.165, 1.54) is 0 Å². The van der Waals surface area contributed by atoms with Gasteiger partial charge in [-0.1, -0.05) is 0 Å². The summed E-state index contributed by atoms with van der Waals surface area (Å²) in [7, 11) is 0. The van der Waals surface area contributed by atoms with Gasteiger partial charge in [0.1, 0.15) is 3.70 Å². The fraction of sp³-hybridized carbons (Fsp3) is 0.375. The SMILES string of the molecule is Cc1c(I)ncc(OC(F)(F)F)c1CCl. The lowest BCUT2D eigenvalue weighted by Crippen LogP contribution is -2.18. The number of pyridine rings is 1. The highest BCUT2D eigenvalue weighted by Gasteiger charge is 2.32. The number of halogens is 5. The van der Waals surface area contributed by atoms with Crippen LogP contribution in [-0.4, -0.2) is 11.3 Å². The van der Waals surface area contributed by atoms with E-state index in [2.05, 4.69) is 9.72 Å². The molecule has 1 heterocycles. The molecule has 0 saturated carbocycles. The van der Waals surface area contributed by atoms with Crippen molar-refractivity contribution in [1.29, 1.82) is 0 Å². The van der Waals surface area contributed by atoms with E-state index in [0.717, 1.165) is 6.20 Å². The second kappa shape index (κ2) is 4.73. The van der Waals surface area contributed by atoms with Gasteiger partial charge in [-0.3, -0.25) is 0 Å². The molecule has 0 aliphatic heterocycles. The van der Waals surface area contributed by atoms with Gasteiger partial charge in [-0.05, 0) is 35.1 Å². The number of alkyl halides is 4. The maximum absolute atomic E-state index is 12.0. The van der Waals surface area contributed by atoms with Crippen LogP contribution in [-0.2, 0) is 5.88 Å². The van der Waals surface area contributed by atoms with Gasteiger partial charge in [0.15, 0.2) is 5.75 Å². The molecule has 84 valence electrons. The normalized spacial score (nSPS) is 11.6. The molecule has 7 heteroatoms. The monoisotopic (exact) mass is 351 g/mol. The molecule has 1 aromatic rings. The van der Waals surface area contributed by atoms with Crippen molar-refractivity contribution < 1.29 is 17.9 Å². The zero-order valence-corrected chi connectivity index (χ0v) is 10.4. The molecule has 2 nitrogen and oxygen atoms in total. The Kier molecular flexibility index (Phi) is 4.05. The van der Waals surface area contributed by atoms with Crippen molar-refractivity contribution in [3.05, 3.63) is 21.0 Å². The Morgan fingerprint density at radius 2 is 2.13 bits per heavy atom. The number of hydrogen-bond acceptors (Lipinski definition) is 2. The maximum atomic E-state index is 12.0. The van der Waals surface area contributed by atoms with Crippen LogP contribution in [0.1, 0.15) is 11.1 Å². The molecule has 0 aliphatic carbocycles. The molecular weight excluding hydrogens is 345 g/mol. The van der Waals surface area contributed by atoms with Crippen LogP contribution in [0.3, 0.4) is 0 Å². The van der Waals surface area contributed by atoms with E-state index in [1.807, 2.05) is 22.6 Å². The largest absolute Gasteiger partial charge is 0.573 e. The summed E-state index contributed by atoms with van der Waals surface area (Å²) in [5.41, 5.74) is 0.917. The Morgan fingerprint density at radius 3 is 2.60 bits per heavy atom. The lowest BCUT2D eigenvalue weighted by atomic mass is 10.2. The predicted octanol–water partition coefficient (Wildman–Crippen LogP) is 3.63. The lowest BCUT2D eigenvalue weighted by Gasteiger charge is -2.13. The smallest absolute Gasteiger partial charge is 0.404 e. The van der Waals surface area contributed by atoms with Crippen molar-refractivity contribution in [3.63, 3.8) is 0 Å². The molecule has 0 unspecified atom stereocenters. The topological polar surface area (TPSA) is 22.1 Å². The first kappa shape index (κ1) is 12.8. The second-order valence-electron chi connectivity index (χ2n) is 2.70. The van der Waals surface area contributed by atoms with Crippen LogP contribution in [0.2, 0.25) is 0 Å². The molecule has 15 heavy (non-hydrogen) atoms. The fourth-order valence-corrected chi connectivity index (χ4v) is 1.78. The van der Waals surface area contributed by atoms with Crippen molar-refractivity contribution in [3.8, 4) is 5.75 Å². The number of hydrogen-bond donors (Lipinski definition) is 0. The number of rotatable bonds is 2. The minimum Gasteiger partial charge on any atom is -0.404 e. The fourth-order valence-electron chi connectivity index (χ4n) is 0.978. The first-order chi connectivity index (χ1) is 6.85. The molecule has 0 atom stereocenters. The van der Waals surface area contributed by atoms with E-state index >= 15 is 0 Å². The van der Waals surface area contributed by atoms with Gasteiger partial charge in [0, 0.05) is 5.56 Å². The number of nitrogens with zero attached hydrogens (tertiary/aromatic N) is 1. The molecule has 0 N–H and O–H groups in total. The van der Waals surface area contributed by atoms with E-state index in [9.17, 15) is 13.2 Å². The summed E-state index contributed by atoms with van der Waals surface area (Å²) in [6.45, 7) is 1.65. The summed E-state index contributed by atoms with van der Waals surface area (Å²) >= 11 is 7.48. The van der Waals surface area contributed by atoms with Crippen LogP contribution in [0, 0.1) is 10.6 Å². The zero-order chi connectivity index (χ0) is 11.6. The molecule has 0 radical (unpaired) electrons. The molecule has 0 fully saturated rings. The average molecular weight is 351 g/mol. The Morgan fingerprint density at radius 1 is 1.53 bits per heavy atom. The van der Waals surface area contributed by atoms with Gasteiger partial charge in [-0.2, -0.15) is 0 Å². The standard InChI is InChI=1S/C8H6ClF3INO/c1-4-5(2-9)6(3-14-7(4)13)15-8(10,11)12/h3H,2H2,1H3. The van der Waals surface area contributed by atoms with Gasteiger partial charge in [-0.15, -0.1) is 24.8 Å². The van der Waals surface area contributed by atoms with E-state index in [4.69, 9.17) is 11.6 Å². The van der Waals surface area contributed by atoms with Crippen LogP contribution in [0.4, 0.5) is 13.2 Å². The third kappa shape index (κ3) is 3.37. The van der Waals surface area contributed by atoms with Gasteiger partial charge >= 0.3 is 6.36 Å². The summed E-state index contributed by atoms with van der Waals surface area (Å²) in [6.07, 6.45) is -3.69. The maximum Gasteiger partial charge on any atom is 0.573 e. The molecular formula is C8H6ClF3INO. The van der Waals surface area contributed by atoms with Crippen LogP contribution in [0.25, 0.3) is 0 Å². The third-order valence-corrected chi connectivity index (χ3v) is 3.07. The highest BCUT2D eigenvalue weighted by atomic mass is 127. The van der Waals surface area contributed by atoms with Crippen LogP contribution >= 0.6 is 34.2 Å². The first-order valence-electron chi connectivity index (χ1n) is 3.81.